The molecule has 2 unspecified atom stereocenters. The van der Waals surface area contributed by atoms with E-state index in [4.69, 9.17) is 10.2 Å². The maximum Gasteiger partial charge on any atom is 0.0441 e. The molecule has 0 aliphatic heterocycles. The van der Waals surface area contributed by atoms with E-state index in [-0.39, 0.29) is 13.2 Å². The summed E-state index contributed by atoms with van der Waals surface area (Å²) in [6.07, 6.45) is 6.21. The molecule has 0 radical (unpaired) electrons. The van der Waals surface area contributed by atoms with E-state index in [1.165, 1.54) is 0 Å². The fourth-order valence-corrected chi connectivity index (χ4v) is 2.00. The highest BCUT2D eigenvalue weighted by atomic mass is 32.1. The average Bonchev–Trinajstić information content (AvgIpc) is 2.20. The lowest BCUT2D eigenvalue weighted by atomic mass is 10.2. The standard InChI is InChI=1S/2C6H14OS/c2*1-2-3-6(8)4-5-7/h2*6-8H,2-5H2,1H3. The molecule has 0 aliphatic rings. The van der Waals surface area contributed by atoms with Crippen LogP contribution in [-0.4, -0.2) is 33.9 Å². The maximum absolute atomic E-state index is 8.41. The van der Waals surface area contributed by atoms with Crippen molar-refractivity contribution in [2.45, 2.75) is 62.9 Å². The van der Waals surface area contributed by atoms with Gasteiger partial charge in [-0.3, -0.25) is 0 Å². The molecular formula is C12H28O2S2. The molecule has 100 valence electrons. The predicted octanol–water partition coefficient (Wildman–Crippen LogP) is 2.93. The largest absolute Gasteiger partial charge is 0.396 e. The molecule has 0 saturated heterocycles. The third-order valence-corrected chi connectivity index (χ3v) is 3.20. The van der Waals surface area contributed by atoms with Gasteiger partial charge in [0.25, 0.3) is 0 Å². The van der Waals surface area contributed by atoms with Crippen molar-refractivity contribution < 1.29 is 10.2 Å². The fraction of sp³-hybridized carbons (Fsp3) is 1.00. The number of aliphatic hydroxyl groups is 2. The van der Waals surface area contributed by atoms with E-state index >= 15 is 0 Å². The van der Waals surface area contributed by atoms with Crippen LogP contribution in [-0.2, 0) is 0 Å². The lowest BCUT2D eigenvalue weighted by Gasteiger charge is -2.04. The van der Waals surface area contributed by atoms with E-state index in [9.17, 15) is 0 Å². The Morgan fingerprint density at radius 2 is 1.06 bits per heavy atom. The highest BCUT2D eigenvalue weighted by molar-refractivity contribution is 7.81. The zero-order chi connectivity index (χ0) is 12.8. The molecule has 0 heterocycles. The van der Waals surface area contributed by atoms with Crippen LogP contribution < -0.4 is 0 Å². The van der Waals surface area contributed by atoms with E-state index < -0.39 is 0 Å². The molecule has 0 saturated carbocycles. The summed E-state index contributed by atoms with van der Waals surface area (Å²) in [6, 6.07) is 0. The minimum atomic E-state index is 0.272. The van der Waals surface area contributed by atoms with Gasteiger partial charge in [-0.25, -0.2) is 0 Å². The molecular weight excluding hydrogens is 240 g/mol. The van der Waals surface area contributed by atoms with Gasteiger partial charge in [0.05, 0.1) is 0 Å². The summed E-state index contributed by atoms with van der Waals surface area (Å²) >= 11 is 8.46. The summed E-state index contributed by atoms with van der Waals surface area (Å²) in [7, 11) is 0. The van der Waals surface area contributed by atoms with Gasteiger partial charge < -0.3 is 10.2 Å². The molecule has 2 N–H and O–H groups in total. The van der Waals surface area contributed by atoms with Crippen LogP contribution >= 0.6 is 25.3 Å². The minimum Gasteiger partial charge on any atom is -0.396 e. The van der Waals surface area contributed by atoms with Crippen LogP contribution in [0.15, 0.2) is 0 Å². The molecule has 0 rings (SSSR count). The van der Waals surface area contributed by atoms with Gasteiger partial charge in [-0.2, -0.15) is 25.3 Å². The minimum absolute atomic E-state index is 0.272. The number of hydrogen-bond donors (Lipinski definition) is 4. The summed E-state index contributed by atoms with van der Waals surface area (Å²) in [4.78, 5) is 0. The molecule has 0 fully saturated rings. The van der Waals surface area contributed by atoms with Crippen LogP contribution in [0.25, 0.3) is 0 Å². The zero-order valence-corrected chi connectivity index (χ0v) is 12.4. The highest BCUT2D eigenvalue weighted by Crippen LogP contribution is 2.07. The Kier molecular flexibility index (Phi) is 18.5. The van der Waals surface area contributed by atoms with Crippen LogP contribution in [0.3, 0.4) is 0 Å². The lowest BCUT2D eigenvalue weighted by molar-refractivity contribution is 0.285. The van der Waals surface area contributed by atoms with Crippen LogP contribution in [0.4, 0.5) is 0 Å². The number of thiol groups is 2. The van der Waals surface area contributed by atoms with Gasteiger partial charge in [0.2, 0.25) is 0 Å². The molecule has 0 amide bonds. The summed E-state index contributed by atoms with van der Waals surface area (Å²) in [6.45, 7) is 4.80. The second kappa shape index (κ2) is 15.6. The van der Waals surface area contributed by atoms with E-state index in [2.05, 4.69) is 39.1 Å². The van der Waals surface area contributed by atoms with Crippen molar-refractivity contribution in [1.29, 1.82) is 0 Å². The Morgan fingerprint density at radius 3 is 1.25 bits per heavy atom. The van der Waals surface area contributed by atoms with Crippen molar-refractivity contribution in [3.8, 4) is 0 Å². The van der Waals surface area contributed by atoms with Crippen LogP contribution in [0.5, 0.6) is 0 Å². The molecule has 4 heteroatoms. The molecule has 0 aromatic carbocycles. The van der Waals surface area contributed by atoms with Gasteiger partial charge >= 0.3 is 0 Å². The zero-order valence-electron chi connectivity index (χ0n) is 10.6. The third-order valence-electron chi connectivity index (χ3n) is 2.17. The molecule has 0 bridgehead atoms. The molecule has 2 atom stereocenters. The molecule has 0 spiro atoms. The molecule has 0 aliphatic carbocycles. The van der Waals surface area contributed by atoms with Crippen molar-refractivity contribution in [1.82, 2.24) is 0 Å². The van der Waals surface area contributed by atoms with Crippen molar-refractivity contribution in [3.05, 3.63) is 0 Å². The summed E-state index contributed by atoms with van der Waals surface area (Å²) < 4.78 is 0. The molecule has 0 aromatic heterocycles. The quantitative estimate of drug-likeness (QED) is 0.511. The summed E-state index contributed by atoms with van der Waals surface area (Å²) in [5.74, 6) is 0. The van der Waals surface area contributed by atoms with Crippen molar-refractivity contribution >= 4 is 25.3 Å². The molecule has 0 aromatic rings. The Hall–Kier alpha value is 0.620. The predicted molar refractivity (Wildman–Crippen MR) is 78.8 cm³/mol. The molecule has 2 nitrogen and oxygen atoms in total. The van der Waals surface area contributed by atoms with Crippen LogP contribution in [0, 0.1) is 0 Å². The molecule has 16 heavy (non-hydrogen) atoms. The Bertz CT molecular complexity index is 97.6. The SMILES string of the molecule is CCCC(S)CCO.CCCC(S)CCO. The van der Waals surface area contributed by atoms with E-state index in [1.807, 2.05) is 0 Å². The van der Waals surface area contributed by atoms with Crippen LogP contribution in [0.2, 0.25) is 0 Å². The number of aliphatic hydroxyl groups excluding tert-OH is 2. The first-order valence-electron chi connectivity index (χ1n) is 6.20. The van der Waals surface area contributed by atoms with E-state index in [0.29, 0.717) is 10.5 Å². The smallest absolute Gasteiger partial charge is 0.0441 e. The highest BCUT2D eigenvalue weighted by Gasteiger charge is 1.98. The van der Waals surface area contributed by atoms with Gasteiger partial charge in [-0.15, -0.1) is 0 Å². The second-order valence-corrected chi connectivity index (χ2v) is 5.37. The Morgan fingerprint density at radius 1 is 0.750 bits per heavy atom. The first kappa shape index (κ1) is 19.0. The second-order valence-electron chi connectivity index (χ2n) is 3.91. The summed E-state index contributed by atoms with van der Waals surface area (Å²) in [5, 5.41) is 17.6. The van der Waals surface area contributed by atoms with Gasteiger partial charge in [0.1, 0.15) is 0 Å². The fourth-order valence-electron chi connectivity index (χ4n) is 1.25. The normalized spacial score (nSPS) is 13.9. The first-order chi connectivity index (χ1) is 7.62. The summed E-state index contributed by atoms with van der Waals surface area (Å²) in [5.41, 5.74) is 0. The number of rotatable bonds is 8. The van der Waals surface area contributed by atoms with E-state index in [0.717, 1.165) is 38.5 Å². The van der Waals surface area contributed by atoms with Crippen molar-refractivity contribution in [2.75, 3.05) is 13.2 Å². The van der Waals surface area contributed by atoms with Gasteiger partial charge in [-0.1, -0.05) is 26.7 Å². The lowest BCUT2D eigenvalue weighted by Crippen LogP contribution is -1.99. The van der Waals surface area contributed by atoms with Crippen molar-refractivity contribution in [3.63, 3.8) is 0 Å². The van der Waals surface area contributed by atoms with Gasteiger partial charge in [0, 0.05) is 23.7 Å². The monoisotopic (exact) mass is 268 g/mol. The van der Waals surface area contributed by atoms with Gasteiger partial charge in [-0.05, 0) is 25.7 Å². The topological polar surface area (TPSA) is 40.5 Å². The first-order valence-corrected chi connectivity index (χ1v) is 7.23. The number of hydrogen-bond acceptors (Lipinski definition) is 4. The maximum atomic E-state index is 8.41. The van der Waals surface area contributed by atoms with E-state index in [1.54, 1.807) is 0 Å². The van der Waals surface area contributed by atoms with Gasteiger partial charge in [0.15, 0.2) is 0 Å². The van der Waals surface area contributed by atoms with Crippen molar-refractivity contribution in [2.24, 2.45) is 0 Å². The third kappa shape index (κ3) is 17.0. The Labute approximate surface area is 112 Å². The Balaban J connectivity index is 0. The average molecular weight is 268 g/mol. The van der Waals surface area contributed by atoms with Crippen LogP contribution in [0.1, 0.15) is 52.4 Å².